The van der Waals surface area contributed by atoms with Gasteiger partial charge in [0.25, 0.3) is 0 Å². The second kappa shape index (κ2) is 7.01. The molecule has 28 heavy (non-hydrogen) atoms. The summed E-state index contributed by atoms with van der Waals surface area (Å²) in [6.45, 7) is 2.09. The fraction of sp³-hybridized carbons (Fsp3) is 0.238. The average Bonchev–Trinajstić information content (AvgIpc) is 3.20. The fourth-order valence-electron chi connectivity index (χ4n) is 4.07. The van der Waals surface area contributed by atoms with E-state index in [4.69, 9.17) is 11.6 Å². The molecule has 0 saturated carbocycles. The number of halogens is 3. The van der Waals surface area contributed by atoms with Crippen molar-refractivity contribution in [2.24, 2.45) is 5.92 Å². The van der Waals surface area contributed by atoms with Gasteiger partial charge in [0.2, 0.25) is 0 Å². The Morgan fingerprint density at radius 3 is 2.61 bits per heavy atom. The van der Waals surface area contributed by atoms with Crippen molar-refractivity contribution in [2.75, 3.05) is 0 Å². The summed E-state index contributed by atoms with van der Waals surface area (Å²) in [5, 5.41) is 12.6. The molecule has 4 nitrogen and oxygen atoms in total. The first kappa shape index (κ1) is 19.2. The van der Waals surface area contributed by atoms with Crippen LogP contribution >= 0.6 is 27.5 Å². The zero-order chi connectivity index (χ0) is 20.2. The van der Waals surface area contributed by atoms with E-state index in [2.05, 4.69) is 15.9 Å². The standard InChI is InChI=1S/C21H16BrClFNO3/c1-10(21(27)28)14-6-7-25-16-9-13(24)8-15(22)17(16)18(19(14)25)20(26)11-2-4-12(23)5-3-11/h2-5,8-10,14H,6-7H2,1H3,(H,27,28)/p-1. The van der Waals surface area contributed by atoms with Crippen LogP contribution in [-0.2, 0) is 11.3 Å². The first-order valence-electron chi connectivity index (χ1n) is 8.82. The Bertz CT molecular complexity index is 1120. The predicted octanol–water partition coefficient (Wildman–Crippen LogP) is 4.30. The molecule has 144 valence electrons. The molecule has 0 fully saturated rings. The molecule has 3 aromatic rings. The minimum absolute atomic E-state index is 0.250. The summed E-state index contributed by atoms with van der Waals surface area (Å²) in [6.07, 6.45) is 0.551. The molecular formula is C21H15BrClFNO3-. The topological polar surface area (TPSA) is 62.1 Å². The molecule has 2 heterocycles. The lowest BCUT2D eigenvalue weighted by Gasteiger charge is -2.21. The first-order chi connectivity index (χ1) is 13.3. The largest absolute Gasteiger partial charge is 0.550 e. The van der Waals surface area contributed by atoms with Gasteiger partial charge in [0.1, 0.15) is 5.82 Å². The van der Waals surface area contributed by atoms with Crippen molar-refractivity contribution in [3.63, 3.8) is 0 Å². The molecule has 2 unspecified atom stereocenters. The lowest BCUT2D eigenvalue weighted by Crippen LogP contribution is -2.33. The maximum atomic E-state index is 14.1. The third kappa shape index (κ3) is 2.95. The fourth-order valence-corrected chi connectivity index (χ4v) is 4.82. The molecule has 2 atom stereocenters. The van der Waals surface area contributed by atoms with Crippen LogP contribution in [0.4, 0.5) is 4.39 Å². The van der Waals surface area contributed by atoms with E-state index in [1.54, 1.807) is 31.2 Å². The number of nitrogens with zero attached hydrogens (tertiary/aromatic N) is 1. The minimum Gasteiger partial charge on any atom is -0.550 e. The van der Waals surface area contributed by atoms with Crippen LogP contribution in [0.25, 0.3) is 10.9 Å². The second-order valence-corrected chi connectivity index (χ2v) is 8.32. The summed E-state index contributed by atoms with van der Waals surface area (Å²) in [5.41, 5.74) is 2.03. The third-order valence-corrected chi connectivity index (χ3v) is 6.32. The van der Waals surface area contributed by atoms with E-state index in [-0.39, 0.29) is 5.78 Å². The predicted molar refractivity (Wildman–Crippen MR) is 106 cm³/mol. The molecule has 1 aliphatic rings. The molecule has 7 heteroatoms. The number of rotatable bonds is 4. The van der Waals surface area contributed by atoms with Gasteiger partial charge in [0.15, 0.2) is 5.78 Å². The number of aliphatic carboxylic acids is 1. The molecule has 2 aromatic carbocycles. The Labute approximate surface area is 174 Å². The van der Waals surface area contributed by atoms with Crippen molar-refractivity contribution in [2.45, 2.75) is 25.8 Å². The highest BCUT2D eigenvalue weighted by Gasteiger charge is 2.36. The Morgan fingerprint density at radius 2 is 1.96 bits per heavy atom. The Balaban J connectivity index is 2.01. The van der Waals surface area contributed by atoms with Crippen LogP contribution in [0.2, 0.25) is 5.02 Å². The van der Waals surface area contributed by atoms with E-state index in [1.165, 1.54) is 12.1 Å². The summed E-state index contributed by atoms with van der Waals surface area (Å²) in [7, 11) is 0. The van der Waals surface area contributed by atoms with Gasteiger partial charge in [-0.3, -0.25) is 4.79 Å². The van der Waals surface area contributed by atoms with Crippen LogP contribution in [0.5, 0.6) is 0 Å². The van der Waals surface area contributed by atoms with Crippen molar-refractivity contribution >= 4 is 50.2 Å². The van der Waals surface area contributed by atoms with Gasteiger partial charge >= 0.3 is 0 Å². The quantitative estimate of drug-likeness (QED) is 0.542. The molecule has 4 rings (SSSR count). The number of benzene rings is 2. The van der Waals surface area contributed by atoms with Gasteiger partial charge in [0.05, 0.1) is 11.1 Å². The van der Waals surface area contributed by atoms with Gasteiger partial charge in [0, 0.05) is 50.5 Å². The Morgan fingerprint density at radius 1 is 1.29 bits per heavy atom. The van der Waals surface area contributed by atoms with Crippen molar-refractivity contribution in [1.29, 1.82) is 0 Å². The highest BCUT2D eigenvalue weighted by Crippen LogP contribution is 2.45. The van der Waals surface area contributed by atoms with Gasteiger partial charge in [-0.05, 0) is 58.7 Å². The zero-order valence-electron chi connectivity index (χ0n) is 14.8. The number of fused-ring (bicyclic) bond motifs is 3. The number of aromatic nitrogens is 1. The van der Waals surface area contributed by atoms with E-state index in [0.717, 1.165) is 0 Å². The molecule has 0 radical (unpaired) electrons. The molecule has 0 aliphatic carbocycles. The monoisotopic (exact) mass is 462 g/mol. The van der Waals surface area contributed by atoms with E-state index in [0.29, 0.717) is 50.2 Å². The van der Waals surface area contributed by atoms with Crippen LogP contribution < -0.4 is 5.11 Å². The average molecular weight is 464 g/mol. The van der Waals surface area contributed by atoms with Gasteiger partial charge in [-0.1, -0.05) is 18.5 Å². The summed E-state index contributed by atoms with van der Waals surface area (Å²) in [4.78, 5) is 25.0. The second-order valence-electron chi connectivity index (χ2n) is 7.03. The number of aryl methyl sites for hydroxylation is 1. The number of ketones is 1. The highest BCUT2D eigenvalue weighted by atomic mass is 79.9. The van der Waals surface area contributed by atoms with Gasteiger partial charge in [-0.15, -0.1) is 0 Å². The van der Waals surface area contributed by atoms with Crippen molar-refractivity contribution in [3.05, 3.63) is 68.5 Å². The van der Waals surface area contributed by atoms with Crippen molar-refractivity contribution in [3.8, 4) is 0 Å². The number of carbonyl (C=O) groups is 2. The number of hydrogen-bond donors (Lipinski definition) is 0. The summed E-state index contributed by atoms with van der Waals surface area (Å²) >= 11 is 9.32. The normalized spacial score (nSPS) is 16.9. The first-order valence-corrected chi connectivity index (χ1v) is 9.99. The molecular weight excluding hydrogens is 449 g/mol. The molecule has 0 amide bonds. The van der Waals surface area contributed by atoms with Gasteiger partial charge < -0.3 is 14.5 Å². The number of carboxylic acid groups (broad SMARTS) is 1. The van der Waals surface area contributed by atoms with Crippen molar-refractivity contribution in [1.82, 2.24) is 4.57 Å². The summed E-state index contributed by atoms with van der Waals surface area (Å²) in [5.74, 6) is -3.01. The van der Waals surface area contributed by atoms with Crippen LogP contribution in [0.15, 0.2) is 40.9 Å². The lowest BCUT2D eigenvalue weighted by molar-refractivity contribution is -0.311. The van der Waals surface area contributed by atoms with Crippen LogP contribution in [0.3, 0.4) is 0 Å². The molecule has 0 N–H and O–H groups in total. The summed E-state index contributed by atoms with van der Waals surface area (Å²) < 4.78 is 16.4. The van der Waals surface area contributed by atoms with Crippen LogP contribution in [0.1, 0.15) is 40.9 Å². The molecule has 0 bridgehead atoms. The smallest absolute Gasteiger partial charge is 0.195 e. The highest BCUT2D eigenvalue weighted by molar-refractivity contribution is 9.10. The zero-order valence-corrected chi connectivity index (χ0v) is 17.2. The lowest BCUT2D eigenvalue weighted by atomic mass is 9.86. The maximum Gasteiger partial charge on any atom is 0.195 e. The third-order valence-electron chi connectivity index (χ3n) is 5.45. The minimum atomic E-state index is -1.17. The number of carbonyl (C=O) groups excluding carboxylic acids is 2. The summed E-state index contributed by atoms with van der Waals surface area (Å²) in [6, 6.07) is 9.21. The number of carboxylic acids is 1. The number of hydrogen-bond acceptors (Lipinski definition) is 3. The van der Waals surface area contributed by atoms with E-state index >= 15 is 0 Å². The van der Waals surface area contributed by atoms with Gasteiger partial charge in [-0.2, -0.15) is 0 Å². The Kier molecular flexibility index (Phi) is 4.79. The van der Waals surface area contributed by atoms with E-state index in [9.17, 15) is 19.1 Å². The van der Waals surface area contributed by atoms with E-state index < -0.39 is 23.6 Å². The molecule has 1 aliphatic heterocycles. The molecule has 0 spiro atoms. The molecule has 1 aromatic heterocycles. The van der Waals surface area contributed by atoms with Crippen molar-refractivity contribution < 1.29 is 19.1 Å². The SMILES string of the molecule is CC(C(=O)[O-])C1CCn2c1c(C(=O)c1ccc(Cl)cc1)c1c(Br)cc(F)cc12. The van der Waals surface area contributed by atoms with Crippen LogP contribution in [-0.4, -0.2) is 16.3 Å². The Hall–Kier alpha value is -2.18. The van der Waals surface area contributed by atoms with Crippen LogP contribution in [0, 0.1) is 11.7 Å². The molecule has 0 saturated heterocycles. The van der Waals surface area contributed by atoms with E-state index in [1.807, 2.05) is 4.57 Å². The maximum absolute atomic E-state index is 14.1. The van der Waals surface area contributed by atoms with Gasteiger partial charge in [-0.25, -0.2) is 4.39 Å².